The smallest absolute Gasteiger partial charge is 0.345 e. The van der Waals surface area contributed by atoms with Crippen LogP contribution in [-0.4, -0.2) is 17.6 Å². The van der Waals surface area contributed by atoms with Crippen molar-refractivity contribution in [3.8, 4) is 0 Å². The lowest BCUT2D eigenvalue weighted by Crippen LogP contribution is -2.13. The Labute approximate surface area is 91.0 Å². The number of hydrogen-bond acceptors (Lipinski definition) is 3. The highest BCUT2D eigenvalue weighted by Gasteiger charge is 2.05. The van der Waals surface area contributed by atoms with Gasteiger partial charge in [-0.05, 0) is 12.1 Å². The van der Waals surface area contributed by atoms with Gasteiger partial charge in [0.2, 0.25) is 0 Å². The highest BCUT2D eigenvalue weighted by molar-refractivity contribution is 7.13. The topological polar surface area (TPSA) is 49.3 Å². The van der Waals surface area contributed by atoms with Crippen molar-refractivity contribution >= 4 is 28.9 Å². The second-order valence-electron chi connectivity index (χ2n) is 2.69. The number of carboxylic acid groups (broad SMARTS) is 1. The molecule has 0 saturated heterocycles. The molecule has 0 unspecified atom stereocenters. The van der Waals surface area contributed by atoms with Crippen LogP contribution < -0.4 is 5.32 Å². The Hall–Kier alpha value is -0.840. The molecule has 2 N–H and O–H groups in total. The molecule has 0 atom stereocenters. The van der Waals surface area contributed by atoms with Crippen molar-refractivity contribution in [2.45, 2.75) is 6.54 Å². The molecule has 0 spiro atoms. The maximum absolute atomic E-state index is 10.6. The molecule has 0 amide bonds. The summed E-state index contributed by atoms with van der Waals surface area (Å²) in [5.41, 5.74) is 0. The second kappa shape index (κ2) is 5.14. The van der Waals surface area contributed by atoms with Crippen LogP contribution in [0.25, 0.3) is 0 Å². The van der Waals surface area contributed by atoms with E-state index in [-0.39, 0.29) is 0 Å². The van der Waals surface area contributed by atoms with E-state index in [9.17, 15) is 4.79 Å². The van der Waals surface area contributed by atoms with E-state index in [1.54, 1.807) is 12.1 Å². The maximum Gasteiger partial charge on any atom is 0.345 e. The highest BCUT2D eigenvalue weighted by atomic mass is 35.5. The first kappa shape index (κ1) is 11.2. The molecule has 1 heterocycles. The average Bonchev–Trinajstić information content (AvgIpc) is 2.52. The molecule has 3 nitrogen and oxygen atoms in total. The van der Waals surface area contributed by atoms with Crippen LogP contribution in [0.4, 0.5) is 0 Å². The van der Waals surface area contributed by atoms with Crippen molar-refractivity contribution < 1.29 is 9.90 Å². The van der Waals surface area contributed by atoms with Crippen molar-refractivity contribution in [2.24, 2.45) is 0 Å². The summed E-state index contributed by atoms with van der Waals surface area (Å²) in [6, 6.07) is 3.39. The molecule has 0 fully saturated rings. The van der Waals surface area contributed by atoms with Gasteiger partial charge < -0.3 is 10.4 Å². The fourth-order valence-electron chi connectivity index (χ4n) is 0.909. The minimum absolute atomic E-state index is 0.353. The fourth-order valence-corrected chi connectivity index (χ4v) is 1.82. The predicted molar refractivity (Wildman–Crippen MR) is 58.0 cm³/mol. The SMILES string of the molecule is C=C(Cl)CNCc1ccc(C(=O)O)s1. The van der Waals surface area contributed by atoms with Gasteiger partial charge in [0.1, 0.15) is 4.88 Å². The van der Waals surface area contributed by atoms with Crippen molar-refractivity contribution in [2.75, 3.05) is 6.54 Å². The van der Waals surface area contributed by atoms with Crippen LogP contribution in [0.2, 0.25) is 0 Å². The predicted octanol–water partition coefficient (Wildman–Crippen LogP) is 2.29. The molecule has 1 rings (SSSR count). The number of carbonyl (C=O) groups is 1. The van der Waals surface area contributed by atoms with Gasteiger partial charge in [-0.3, -0.25) is 0 Å². The van der Waals surface area contributed by atoms with Crippen LogP contribution in [0.1, 0.15) is 14.5 Å². The minimum Gasteiger partial charge on any atom is -0.477 e. The van der Waals surface area contributed by atoms with Crippen molar-refractivity contribution in [3.05, 3.63) is 33.5 Å². The van der Waals surface area contributed by atoms with Crippen molar-refractivity contribution in [1.29, 1.82) is 0 Å². The summed E-state index contributed by atoms with van der Waals surface area (Å²) in [7, 11) is 0. The van der Waals surface area contributed by atoms with E-state index in [1.165, 1.54) is 11.3 Å². The van der Waals surface area contributed by atoms with Gasteiger partial charge in [0.25, 0.3) is 0 Å². The molecule has 5 heteroatoms. The largest absolute Gasteiger partial charge is 0.477 e. The van der Waals surface area contributed by atoms with Gasteiger partial charge in [-0.1, -0.05) is 18.2 Å². The lowest BCUT2D eigenvalue weighted by atomic mass is 10.4. The Morgan fingerprint density at radius 2 is 2.36 bits per heavy atom. The standard InChI is InChI=1S/C9H10ClNO2S/c1-6(10)4-11-5-7-2-3-8(14-7)9(12)13/h2-3,11H,1,4-5H2,(H,12,13). The third kappa shape index (κ3) is 3.49. The van der Waals surface area contributed by atoms with Crippen LogP contribution in [0.15, 0.2) is 23.7 Å². The monoisotopic (exact) mass is 231 g/mol. The Balaban J connectivity index is 2.44. The molecule has 14 heavy (non-hydrogen) atoms. The molecule has 0 aliphatic heterocycles. The average molecular weight is 232 g/mol. The molecule has 76 valence electrons. The van der Waals surface area contributed by atoms with Crippen LogP contribution in [0.5, 0.6) is 0 Å². The lowest BCUT2D eigenvalue weighted by molar-refractivity contribution is 0.0702. The Morgan fingerprint density at radius 1 is 1.64 bits per heavy atom. The van der Waals surface area contributed by atoms with Crippen LogP contribution in [0, 0.1) is 0 Å². The molecular formula is C9H10ClNO2S. The second-order valence-corrected chi connectivity index (χ2v) is 4.39. The van der Waals surface area contributed by atoms with Gasteiger partial charge in [0.05, 0.1) is 0 Å². The molecule has 0 aromatic carbocycles. The zero-order chi connectivity index (χ0) is 10.6. The molecule has 0 radical (unpaired) electrons. The molecule has 1 aromatic rings. The van der Waals surface area contributed by atoms with Gasteiger partial charge >= 0.3 is 5.97 Å². The van der Waals surface area contributed by atoms with Crippen LogP contribution in [0.3, 0.4) is 0 Å². The third-order valence-corrected chi connectivity index (χ3v) is 2.70. The van der Waals surface area contributed by atoms with Gasteiger partial charge in [-0.15, -0.1) is 11.3 Å². The Morgan fingerprint density at radius 3 is 2.86 bits per heavy atom. The summed E-state index contributed by atoms with van der Waals surface area (Å²) in [5, 5.41) is 12.2. The Bertz CT molecular complexity index is 348. The summed E-state index contributed by atoms with van der Waals surface area (Å²) in [4.78, 5) is 11.9. The van der Waals surface area contributed by atoms with E-state index in [4.69, 9.17) is 16.7 Å². The first-order valence-electron chi connectivity index (χ1n) is 3.95. The normalized spacial score (nSPS) is 10.1. The molecule has 0 saturated carbocycles. The summed E-state index contributed by atoms with van der Waals surface area (Å²) in [5.74, 6) is -0.886. The van der Waals surface area contributed by atoms with E-state index in [0.717, 1.165) is 4.88 Å². The first-order valence-corrected chi connectivity index (χ1v) is 5.15. The molecule has 0 bridgehead atoms. The number of aromatic carboxylic acids is 1. The number of nitrogens with one attached hydrogen (secondary N) is 1. The first-order chi connectivity index (χ1) is 6.59. The van der Waals surface area contributed by atoms with E-state index in [2.05, 4.69) is 11.9 Å². The Kier molecular flexibility index (Phi) is 4.13. The molecule has 0 aliphatic carbocycles. The molecular weight excluding hydrogens is 222 g/mol. The van der Waals surface area contributed by atoms with E-state index < -0.39 is 5.97 Å². The quantitative estimate of drug-likeness (QED) is 0.818. The summed E-state index contributed by atoms with van der Waals surface area (Å²) >= 11 is 6.81. The number of hydrogen-bond donors (Lipinski definition) is 2. The van der Waals surface area contributed by atoms with Gasteiger partial charge in [0.15, 0.2) is 0 Å². The zero-order valence-corrected chi connectivity index (χ0v) is 8.99. The number of thiophene rings is 1. The van der Waals surface area contributed by atoms with Crippen molar-refractivity contribution in [3.63, 3.8) is 0 Å². The summed E-state index contributed by atoms with van der Waals surface area (Å²) in [6.07, 6.45) is 0. The number of rotatable bonds is 5. The number of halogens is 1. The minimum atomic E-state index is -0.886. The van der Waals surface area contributed by atoms with E-state index >= 15 is 0 Å². The molecule has 1 aromatic heterocycles. The van der Waals surface area contributed by atoms with Gasteiger partial charge in [-0.2, -0.15) is 0 Å². The zero-order valence-electron chi connectivity index (χ0n) is 7.42. The van der Waals surface area contributed by atoms with E-state index in [0.29, 0.717) is 23.0 Å². The van der Waals surface area contributed by atoms with Crippen molar-refractivity contribution in [1.82, 2.24) is 5.32 Å². The van der Waals surface area contributed by atoms with Gasteiger partial charge in [-0.25, -0.2) is 4.79 Å². The van der Waals surface area contributed by atoms with E-state index in [1.807, 2.05) is 0 Å². The fraction of sp³-hybridized carbons (Fsp3) is 0.222. The van der Waals surface area contributed by atoms with Gasteiger partial charge in [0, 0.05) is 23.0 Å². The third-order valence-electron chi connectivity index (χ3n) is 1.49. The highest BCUT2D eigenvalue weighted by Crippen LogP contribution is 2.15. The molecule has 0 aliphatic rings. The van der Waals surface area contributed by atoms with Crippen LogP contribution >= 0.6 is 22.9 Å². The summed E-state index contributed by atoms with van der Waals surface area (Å²) in [6.45, 7) is 4.68. The lowest BCUT2D eigenvalue weighted by Gasteiger charge is -1.99. The maximum atomic E-state index is 10.6. The number of carboxylic acids is 1. The van der Waals surface area contributed by atoms with Crippen LogP contribution in [-0.2, 0) is 6.54 Å². The summed E-state index contributed by atoms with van der Waals surface area (Å²) < 4.78 is 0.